The van der Waals surface area contributed by atoms with Gasteiger partial charge in [-0.25, -0.2) is 0 Å². The second-order valence-electron chi connectivity index (χ2n) is 6.60. The number of carbonyl (C=O) groups excluding carboxylic acids is 1. The van der Waals surface area contributed by atoms with Crippen LogP contribution in [0.2, 0.25) is 0 Å². The lowest BCUT2D eigenvalue weighted by atomic mass is 10.1. The normalized spacial score (nSPS) is 11.4. The lowest BCUT2D eigenvalue weighted by Crippen LogP contribution is -2.18. The maximum atomic E-state index is 13.3. The average molecular weight is 453 g/mol. The molecule has 3 rings (SSSR count). The number of hydrogen-bond donors (Lipinski definition) is 1. The van der Waals surface area contributed by atoms with E-state index in [0.717, 1.165) is 12.1 Å². The highest BCUT2D eigenvalue weighted by atomic mass is 19.4. The minimum Gasteiger partial charge on any atom is -0.457 e. The molecule has 0 aliphatic heterocycles. The van der Waals surface area contributed by atoms with E-state index in [4.69, 9.17) is 4.74 Å². The zero-order valence-corrected chi connectivity index (χ0v) is 16.7. The lowest BCUT2D eigenvalue weighted by molar-refractivity contribution is -0.385. The van der Waals surface area contributed by atoms with Crippen LogP contribution in [0, 0.1) is 21.4 Å². The number of nitro benzene ring substituents is 1. The van der Waals surface area contributed by atoms with Crippen molar-refractivity contribution in [2.75, 3.05) is 5.32 Å². The molecule has 0 fully saturated rings. The van der Waals surface area contributed by atoms with Crippen LogP contribution >= 0.6 is 0 Å². The van der Waals surface area contributed by atoms with E-state index < -0.39 is 39.5 Å². The standard InChI is InChI=1S/C23H14F3N3O4/c24-23(25,26)20-13-17(29(31)32)9-10-21(20)28-22(30)16(14-27)11-15-5-4-8-19(12-15)33-18-6-2-1-3-7-18/h1-13H,(H,28,30)/b16-11+. The number of carbonyl (C=O) groups is 1. The molecule has 3 aromatic rings. The summed E-state index contributed by atoms with van der Waals surface area (Å²) in [7, 11) is 0. The Balaban J connectivity index is 1.86. The van der Waals surface area contributed by atoms with Gasteiger partial charge >= 0.3 is 6.18 Å². The SMILES string of the molecule is N#C/C(=C\c1cccc(Oc2ccccc2)c1)C(=O)Nc1ccc([N+](=O)[O-])cc1C(F)(F)F. The molecular formula is C23H14F3N3O4. The smallest absolute Gasteiger partial charge is 0.418 e. The minimum atomic E-state index is -4.96. The fourth-order valence-electron chi connectivity index (χ4n) is 2.79. The molecule has 3 aromatic carbocycles. The van der Waals surface area contributed by atoms with Crippen LogP contribution < -0.4 is 10.1 Å². The maximum absolute atomic E-state index is 13.3. The molecule has 0 aliphatic carbocycles. The number of anilines is 1. The number of alkyl halides is 3. The fourth-order valence-corrected chi connectivity index (χ4v) is 2.79. The van der Waals surface area contributed by atoms with Crippen molar-refractivity contribution in [1.29, 1.82) is 5.26 Å². The molecule has 0 heterocycles. The van der Waals surface area contributed by atoms with Gasteiger partial charge in [0.2, 0.25) is 0 Å². The van der Waals surface area contributed by atoms with Crippen molar-refractivity contribution in [2.24, 2.45) is 0 Å². The van der Waals surface area contributed by atoms with Crippen LogP contribution in [0.5, 0.6) is 11.5 Å². The highest BCUT2D eigenvalue weighted by Gasteiger charge is 2.35. The number of hydrogen-bond acceptors (Lipinski definition) is 5. The molecule has 1 N–H and O–H groups in total. The fraction of sp³-hybridized carbons (Fsp3) is 0.0435. The number of rotatable bonds is 6. The van der Waals surface area contributed by atoms with E-state index in [1.807, 2.05) is 11.4 Å². The Hall–Kier alpha value is -4.65. The highest BCUT2D eigenvalue weighted by molar-refractivity contribution is 6.10. The number of nitrogens with zero attached hydrogens (tertiary/aromatic N) is 2. The van der Waals surface area contributed by atoms with Gasteiger partial charge in [0.1, 0.15) is 23.1 Å². The predicted molar refractivity (Wildman–Crippen MR) is 113 cm³/mol. The number of nitrogens with one attached hydrogen (secondary N) is 1. The van der Waals surface area contributed by atoms with Crippen molar-refractivity contribution >= 4 is 23.4 Å². The number of halogens is 3. The predicted octanol–water partition coefficient (Wildman–Crippen LogP) is 5.95. The molecule has 0 radical (unpaired) electrons. The number of non-ortho nitro benzene ring substituents is 1. The molecule has 33 heavy (non-hydrogen) atoms. The number of ether oxygens (including phenoxy) is 1. The van der Waals surface area contributed by atoms with E-state index in [9.17, 15) is 33.3 Å². The van der Waals surface area contributed by atoms with E-state index >= 15 is 0 Å². The van der Waals surface area contributed by atoms with Gasteiger partial charge in [-0.1, -0.05) is 30.3 Å². The Morgan fingerprint density at radius 3 is 2.36 bits per heavy atom. The number of benzene rings is 3. The summed E-state index contributed by atoms with van der Waals surface area (Å²) >= 11 is 0. The van der Waals surface area contributed by atoms with Crippen molar-refractivity contribution < 1.29 is 27.6 Å². The molecule has 0 spiro atoms. The molecule has 0 bridgehead atoms. The highest BCUT2D eigenvalue weighted by Crippen LogP contribution is 2.37. The largest absolute Gasteiger partial charge is 0.457 e. The third kappa shape index (κ3) is 5.95. The molecule has 0 aromatic heterocycles. The van der Waals surface area contributed by atoms with E-state index in [1.165, 1.54) is 6.08 Å². The summed E-state index contributed by atoms with van der Waals surface area (Å²) in [5, 5.41) is 22.2. The Morgan fingerprint density at radius 1 is 1.03 bits per heavy atom. The van der Waals surface area contributed by atoms with Crippen LogP contribution in [0.3, 0.4) is 0 Å². The summed E-state index contributed by atoms with van der Waals surface area (Å²) in [5.74, 6) is -0.122. The number of para-hydroxylation sites is 1. The summed E-state index contributed by atoms with van der Waals surface area (Å²) in [4.78, 5) is 22.3. The molecule has 1 amide bonds. The number of amides is 1. The van der Waals surface area contributed by atoms with Crippen LogP contribution in [-0.4, -0.2) is 10.8 Å². The van der Waals surface area contributed by atoms with E-state index in [-0.39, 0.29) is 0 Å². The topological polar surface area (TPSA) is 105 Å². The monoisotopic (exact) mass is 453 g/mol. The van der Waals surface area contributed by atoms with Gasteiger partial charge in [-0.15, -0.1) is 0 Å². The van der Waals surface area contributed by atoms with Crippen LogP contribution in [0.4, 0.5) is 24.5 Å². The molecule has 0 saturated carbocycles. The minimum absolute atomic E-state index is 0.315. The zero-order valence-electron chi connectivity index (χ0n) is 16.7. The number of nitro groups is 1. The van der Waals surface area contributed by atoms with Gasteiger partial charge in [-0.3, -0.25) is 14.9 Å². The van der Waals surface area contributed by atoms with Crippen molar-refractivity contribution in [3.63, 3.8) is 0 Å². The van der Waals surface area contributed by atoms with Crippen molar-refractivity contribution in [3.05, 3.63) is 99.6 Å². The summed E-state index contributed by atoms with van der Waals surface area (Å²) in [6.45, 7) is 0. The zero-order chi connectivity index (χ0) is 24.0. The van der Waals surface area contributed by atoms with E-state index in [0.29, 0.717) is 23.1 Å². The molecule has 166 valence electrons. The van der Waals surface area contributed by atoms with Crippen LogP contribution in [0.15, 0.2) is 78.4 Å². The maximum Gasteiger partial charge on any atom is 0.418 e. The summed E-state index contributed by atoms with van der Waals surface area (Å²) in [6.07, 6.45) is -3.78. The first-order valence-electron chi connectivity index (χ1n) is 9.29. The van der Waals surface area contributed by atoms with Gasteiger partial charge in [-0.05, 0) is 42.0 Å². The Bertz CT molecular complexity index is 1270. The summed E-state index contributed by atoms with van der Waals surface area (Å²) in [6, 6.07) is 18.8. The second-order valence-corrected chi connectivity index (χ2v) is 6.60. The first kappa shape index (κ1) is 23.0. The van der Waals surface area contributed by atoms with E-state index in [1.54, 1.807) is 54.6 Å². The molecule has 7 nitrogen and oxygen atoms in total. The Morgan fingerprint density at radius 2 is 1.73 bits per heavy atom. The van der Waals surface area contributed by atoms with Gasteiger partial charge in [0.05, 0.1) is 16.2 Å². The van der Waals surface area contributed by atoms with Crippen LogP contribution in [0.1, 0.15) is 11.1 Å². The average Bonchev–Trinajstić information content (AvgIpc) is 2.77. The van der Waals surface area contributed by atoms with Gasteiger partial charge in [0.15, 0.2) is 0 Å². The first-order valence-corrected chi connectivity index (χ1v) is 9.29. The molecule has 0 aliphatic rings. The van der Waals surface area contributed by atoms with Crippen LogP contribution in [-0.2, 0) is 11.0 Å². The molecular weight excluding hydrogens is 439 g/mol. The Kier molecular flexibility index (Phi) is 6.74. The van der Waals surface area contributed by atoms with Crippen molar-refractivity contribution in [1.82, 2.24) is 0 Å². The van der Waals surface area contributed by atoms with Gasteiger partial charge in [0.25, 0.3) is 11.6 Å². The summed E-state index contributed by atoms with van der Waals surface area (Å²) in [5.41, 5.74) is -2.97. The molecule has 0 atom stereocenters. The third-order valence-corrected chi connectivity index (χ3v) is 4.28. The summed E-state index contributed by atoms with van der Waals surface area (Å²) < 4.78 is 45.7. The van der Waals surface area contributed by atoms with Crippen molar-refractivity contribution in [2.45, 2.75) is 6.18 Å². The van der Waals surface area contributed by atoms with Gasteiger partial charge < -0.3 is 10.1 Å². The molecule has 0 saturated heterocycles. The lowest BCUT2D eigenvalue weighted by Gasteiger charge is -2.13. The second kappa shape index (κ2) is 9.65. The quantitative estimate of drug-likeness (QED) is 0.215. The number of nitriles is 1. The van der Waals surface area contributed by atoms with Gasteiger partial charge in [0, 0.05) is 12.1 Å². The van der Waals surface area contributed by atoms with Crippen LogP contribution in [0.25, 0.3) is 6.08 Å². The van der Waals surface area contributed by atoms with E-state index in [2.05, 4.69) is 0 Å². The Labute approximate surface area is 185 Å². The third-order valence-electron chi connectivity index (χ3n) is 4.28. The first-order chi connectivity index (χ1) is 15.7. The van der Waals surface area contributed by atoms with Crippen molar-refractivity contribution in [3.8, 4) is 17.6 Å². The molecule has 0 unspecified atom stereocenters. The van der Waals surface area contributed by atoms with Gasteiger partial charge in [-0.2, -0.15) is 18.4 Å². The molecule has 10 heteroatoms.